The molecule has 0 aliphatic rings. The number of rotatable bonds is 2. The van der Waals surface area contributed by atoms with Gasteiger partial charge in [-0.15, -0.1) is 12.6 Å². The van der Waals surface area contributed by atoms with Crippen LogP contribution >= 0.6 is 12.6 Å². The van der Waals surface area contributed by atoms with Gasteiger partial charge in [0.25, 0.3) is 0 Å². The van der Waals surface area contributed by atoms with Crippen molar-refractivity contribution in [1.29, 1.82) is 0 Å². The molecule has 2 heteroatoms. The lowest BCUT2D eigenvalue weighted by molar-refractivity contribution is 0.805. The van der Waals surface area contributed by atoms with E-state index in [-0.39, 0.29) is 0 Å². The largest absolute Gasteiger partial charge is 0.262 e. The van der Waals surface area contributed by atoms with Crippen LogP contribution in [0, 0.1) is 5.92 Å². The van der Waals surface area contributed by atoms with E-state index in [1.165, 1.54) is 0 Å². The molecule has 0 aromatic carbocycles. The SMILES string of the molecule is CC(C)=N/C(C)=C(\S)C(C)C. The molecule has 0 unspecified atom stereocenters. The molecular formula is C9H17NS. The molecule has 0 aliphatic heterocycles. The summed E-state index contributed by atoms with van der Waals surface area (Å²) in [4.78, 5) is 5.39. The van der Waals surface area contributed by atoms with Crippen LogP contribution in [0.5, 0.6) is 0 Å². The van der Waals surface area contributed by atoms with Crippen molar-refractivity contribution in [1.82, 2.24) is 0 Å². The molecule has 11 heavy (non-hydrogen) atoms. The monoisotopic (exact) mass is 171 g/mol. The van der Waals surface area contributed by atoms with Gasteiger partial charge in [-0.1, -0.05) is 13.8 Å². The van der Waals surface area contributed by atoms with E-state index in [1.807, 2.05) is 20.8 Å². The maximum absolute atomic E-state index is 4.37. The lowest BCUT2D eigenvalue weighted by Crippen LogP contribution is -1.91. The fourth-order valence-corrected chi connectivity index (χ4v) is 0.860. The number of thiol groups is 1. The number of aliphatic imine (C=N–C) groups is 1. The van der Waals surface area contributed by atoms with Gasteiger partial charge in [-0.3, -0.25) is 4.99 Å². The van der Waals surface area contributed by atoms with Gasteiger partial charge in [0.05, 0.1) is 0 Å². The molecule has 0 spiro atoms. The van der Waals surface area contributed by atoms with E-state index in [0.29, 0.717) is 5.92 Å². The lowest BCUT2D eigenvalue weighted by Gasteiger charge is -2.06. The molecule has 0 heterocycles. The second-order valence-corrected chi connectivity index (χ2v) is 3.67. The first kappa shape index (κ1) is 10.8. The fraction of sp³-hybridized carbons (Fsp3) is 0.667. The summed E-state index contributed by atoms with van der Waals surface area (Å²) >= 11 is 4.37. The van der Waals surface area contributed by atoms with Crippen LogP contribution in [0.1, 0.15) is 34.6 Å². The van der Waals surface area contributed by atoms with E-state index in [1.54, 1.807) is 0 Å². The van der Waals surface area contributed by atoms with Crippen molar-refractivity contribution in [2.75, 3.05) is 0 Å². The summed E-state index contributed by atoms with van der Waals surface area (Å²) in [6.07, 6.45) is 0. The molecule has 0 saturated carbocycles. The van der Waals surface area contributed by atoms with Gasteiger partial charge in [0, 0.05) is 16.3 Å². The van der Waals surface area contributed by atoms with Crippen LogP contribution in [-0.2, 0) is 0 Å². The van der Waals surface area contributed by atoms with E-state index < -0.39 is 0 Å². The number of allylic oxidation sites excluding steroid dienone is 2. The van der Waals surface area contributed by atoms with E-state index in [0.717, 1.165) is 16.3 Å². The summed E-state index contributed by atoms with van der Waals surface area (Å²) in [7, 11) is 0. The molecule has 0 aromatic rings. The first-order valence-corrected chi connectivity index (χ1v) is 4.31. The Balaban J connectivity index is 4.54. The highest BCUT2D eigenvalue weighted by Gasteiger charge is 2.00. The van der Waals surface area contributed by atoms with Crippen molar-refractivity contribution >= 4 is 18.3 Å². The Morgan fingerprint density at radius 3 is 1.91 bits per heavy atom. The van der Waals surface area contributed by atoms with Gasteiger partial charge < -0.3 is 0 Å². The van der Waals surface area contributed by atoms with Gasteiger partial charge in [-0.2, -0.15) is 0 Å². The lowest BCUT2D eigenvalue weighted by atomic mass is 10.2. The van der Waals surface area contributed by atoms with Crippen molar-refractivity contribution in [3.8, 4) is 0 Å². The molecule has 0 rings (SSSR count). The summed E-state index contributed by atoms with van der Waals surface area (Å²) in [5.74, 6) is 0.474. The van der Waals surface area contributed by atoms with Crippen LogP contribution < -0.4 is 0 Å². The van der Waals surface area contributed by atoms with Gasteiger partial charge in [-0.05, 0) is 26.7 Å². The average molecular weight is 171 g/mol. The molecule has 0 fully saturated rings. The fourth-order valence-electron chi connectivity index (χ4n) is 0.810. The third-order valence-corrected chi connectivity index (χ3v) is 2.15. The quantitative estimate of drug-likeness (QED) is 0.483. The molecule has 64 valence electrons. The van der Waals surface area contributed by atoms with Gasteiger partial charge in [0.1, 0.15) is 0 Å². The van der Waals surface area contributed by atoms with Gasteiger partial charge in [0.15, 0.2) is 0 Å². The summed E-state index contributed by atoms with van der Waals surface area (Å²) in [5, 5.41) is 0. The summed E-state index contributed by atoms with van der Waals surface area (Å²) < 4.78 is 0. The molecule has 0 aliphatic carbocycles. The third-order valence-electron chi connectivity index (χ3n) is 1.31. The Kier molecular flexibility index (Phi) is 4.50. The molecule has 0 N–H and O–H groups in total. The highest BCUT2D eigenvalue weighted by Crippen LogP contribution is 2.19. The highest BCUT2D eigenvalue weighted by molar-refractivity contribution is 7.84. The van der Waals surface area contributed by atoms with Crippen molar-refractivity contribution in [2.45, 2.75) is 34.6 Å². The van der Waals surface area contributed by atoms with E-state index in [9.17, 15) is 0 Å². The van der Waals surface area contributed by atoms with Crippen LogP contribution in [0.4, 0.5) is 0 Å². The standard InChI is InChI=1S/C9H17NS/c1-6(2)9(11)8(5)10-7(3)4/h6,11H,1-5H3/b9-8-. The predicted molar refractivity (Wildman–Crippen MR) is 55.3 cm³/mol. The predicted octanol–water partition coefficient (Wildman–Crippen LogP) is 3.28. The second-order valence-electron chi connectivity index (χ2n) is 3.18. The molecule has 0 amide bonds. The van der Waals surface area contributed by atoms with Crippen molar-refractivity contribution < 1.29 is 0 Å². The number of nitrogens with zero attached hydrogens (tertiary/aromatic N) is 1. The Bertz CT molecular complexity index is 186. The van der Waals surface area contributed by atoms with E-state index in [4.69, 9.17) is 0 Å². The topological polar surface area (TPSA) is 12.4 Å². The average Bonchev–Trinajstić information content (AvgIpc) is 1.84. The van der Waals surface area contributed by atoms with Gasteiger partial charge in [0.2, 0.25) is 0 Å². The molecule has 0 atom stereocenters. The molecule has 0 saturated heterocycles. The zero-order chi connectivity index (χ0) is 9.02. The number of hydrogen-bond donors (Lipinski definition) is 1. The third kappa shape index (κ3) is 4.25. The van der Waals surface area contributed by atoms with Crippen LogP contribution in [0.25, 0.3) is 0 Å². The van der Waals surface area contributed by atoms with Crippen LogP contribution in [-0.4, -0.2) is 5.71 Å². The Morgan fingerprint density at radius 2 is 1.64 bits per heavy atom. The van der Waals surface area contributed by atoms with E-state index in [2.05, 4.69) is 31.5 Å². The molecular weight excluding hydrogens is 154 g/mol. The first-order chi connectivity index (χ1) is 4.95. The zero-order valence-electron chi connectivity index (χ0n) is 7.97. The van der Waals surface area contributed by atoms with Crippen molar-refractivity contribution in [3.05, 3.63) is 10.6 Å². The molecule has 0 bridgehead atoms. The molecule has 0 radical (unpaired) electrons. The van der Waals surface area contributed by atoms with Crippen molar-refractivity contribution in [2.24, 2.45) is 10.9 Å². The highest BCUT2D eigenvalue weighted by atomic mass is 32.1. The van der Waals surface area contributed by atoms with Crippen molar-refractivity contribution in [3.63, 3.8) is 0 Å². The molecule has 0 aromatic heterocycles. The van der Waals surface area contributed by atoms with E-state index >= 15 is 0 Å². The first-order valence-electron chi connectivity index (χ1n) is 3.86. The Morgan fingerprint density at radius 1 is 1.18 bits per heavy atom. The Labute approximate surface area is 75.0 Å². The van der Waals surface area contributed by atoms with Crippen LogP contribution in [0.2, 0.25) is 0 Å². The minimum atomic E-state index is 0.474. The number of hydrogen-bond acceptors (Lipinski definition) is 2. The van der Waals surface area contributed by atoms with Crippen LogP contribution in [0.3, 0.4) is 0 Å². The van der Waals surface area contributed by atoms with Crippen LogP contribution in [0.15, 0.2) is 15.6 Å². The second kappa shape index (κ2) is 4.60. The van der Waals surface area contributed by atoms with Gasteiger partial charge in [-0.25, -0.2) is 0 Å². The Hall–Kier alpha value is -0.240. The normalized spacial score (nSPS) is 13.0. The summed E-state index contributed by atoms with van der Waals surface area (Å²) in [6.45, 7) is 10.2. The summed E-state index contributed by atoms with van der Waals surface area (Å²) in [6, 6.07) is 0. The maximum atomic E-state index is 4.37. The maximum Gasteiger partial charge on any atom is 0.0466 e. The summed E-state index contributed by atoms with van der Waals surface area (Å²) in [5.41, 5.74) is 2.11. The van der Waals surface area contributed by atoms with Gasteiger partial charge >= 0.3 is 0 Å². The molecule has 1 nitrogen and oxygen atoms in total. The minimum absolute atomic E-state index is 0.474. The minimum Gasteiger partial charge on any atom is -0.262 e. The zero-order valence-corrected chi connectivity index (χ0v) is 8.87. The smallest absolute Gasteiger partial charge is 0.0466 e.